The molecular weight excluding hydrogens is 487 g/mol. The number of hydrogen-bond donors (Lipinski definition) is 3. The summed E-state index contributed by atoms with van der Waals surface area (Å²) < 4.78 is 5.19. The Balaban J connectivity index is 1.57. The molecule has 1 atom stereocenters. The van der Waals surface area contributed by atoms with Gasteiger partial charge in [-0.15, -0.1) is 11.3 Å². The highest BCUT2D eigenvalue weighted by molar-refractivity contribution is 7.54. The second-order valence-electron chi connectivity index (χ2n) is 7.93. The number of carbonyl (C=O) groups excluding carboxylic acids is 3. The van der Waals surface area contributed by atoms with E-state index in [1.807, 2.05) is 30.3 Å². The SMILES string of the molecule is CCOC(=O)c1cc(-c2ccccc2)sc1NC(=O)C1CCCN1C(=O)c1cccc(P(O)O)c1. The number of likely N-dealkylation sites (tertiary alicyclic amines) is 1. The summed E-state index contributed by atoms with van der Waals surface area (Å²) >= 11 is 1.28. The van der Waals surface area contributed by atoms with E-state index in [2.05, 4.69) is 5.32 Å². The predicted octanol–water partition coefficient (Wildman–Crippen LogP) is 3.76. The molecule has 3 aromatic rings. The Bertz CT molecular complexity index is 1230. The number of hydrogen-bond acceptors (Lipinski definition) is 7. The third-order valence-electron chi connectivity index (χ3n) is 5.66. The van der Waals surface area contributed by atoms with Crippen LogP contribution in [0.15, 0.2) is 60.7 Å². The van der Waals surface area contributed by atoms with E-state index in [1.165, 1.54) is 28.4 Å². The van der Waals surface area contributed by atoms with Crippen LogP contribution in [0.4, 0.5) is 5.00 Å². The van der Waals surface area contributed by atoms with Crippen LogP contribution in [0.5, 0.6) is 0 Å². The highest BCUT2D eigenvalue weighted by Crippen LogP contribution is 2.36. The number of carbonyl (C=O) groups is 3. The molecule has 2 aromatic carbocycles. The topological polar surface area (TPSA) is 116 Å². The molecule has 0 spiro atoms. The number of benzene rings is 2. The van der Waals surface area contributed by atoms with Crippen molar-refractivity contribution in [3.05, 3.63) is 71.8 Å². The molecule has 1 aliphatic rings. The minimum absolute atomic E-state index is 0.205. The van der Waals surface area contributed by atoms with Crippen LogP contribution >= 0.6 is 19.7 Å². The van der Waals surface area contributed by atoms with Crippen molar-refractivity contribution in [3.8, 4) is 10.4 Å². The van der Waals surface area contributed by atoms with Gasteiger partial charge in [-0.05, 0) is 49.6 Å². The van der Waals surface area contributed by atoms with E-state index >= 15 is 0 Å². The van der Waals surface area contributed by atoms with Crippen molar-refractivity contribution in [1.29, 1.82) is 0 Å². The molecule has 2 heterocycles. The fourth-order valence-corrected chi connectivity index (χ4v) is 5.52. The lowest BCUT2D eigenvalue weighted by atomic mass is 10.1. The van der Waals surface area contributed by atoms with Gasteiger partial charge in [0.15, 0.2) is 8.38 Å². The van der Waals surface area contributed by atoms with Crippen molar-refractivity contribution in [3.63, 3.8) is 0 Å². The summed E-state index contributed by atoms with van der Waals surface area (Å²) in [7, 11) is -2.33. The van der Waals surface area contributed by atoms with Crippen LogP contribution in [0, 0.1) is 0 Å². The van der Waals surface area contributed by atoms with Gasteiger partial charge in [-0.2, -0.15) is 0 Å². The third kappa shape index (κ3) is 5.60. The number of anilines is 1. The maximum absolute atomic E-state index is 13.3. The quantitative estimate of drug-likeness (QED) is 0.328. The third-order valence-corrected chi connectivity index (χ3v) is 7.50. The van der Waals surface area contributed by atoms with E-state index in [1.54, 1.807) is 25.1 Å². The van der Waals surface area contributed by atoms with Gasteiger partial charge >= 0.3 is 5.97 Å². The minimum Gasteiger partial charge on any atom is -0.462 e. The predicted molar refractivity (Wildman–Crippen MR) is 136 cm³/mol. The minimum atomic E-state index is -2.33. The standard InChI is InChI=1S/C25H25N2O6PS/c1-2-33-25(30)19-15-21(16-8-4-3-5-9-16)35-23(19)26-22(28)20-12-7-13-27(20)24(29)17-10-6-11-18(14-17)34(31)32/h3-6,8-11,14-15,20,31-32H,2,7,12-13H2,1H3,(H,26,28). The first-order chi connectivity index (χ1) is 16.9. The Kier molecular flexibility index (Phi) is 7.93. The van der Waals surface area contributed by atoms with Crippen molar-refractivity contribution in [2.75, 3.05) is 18.5 Å². The summed E-state index contributed by atoms with van der Waals surface area (Å²) in [5, 5.41) is 3.49. The van der Waals surface area contributed by atoms with Crippen molar-refractivity contribution in [2.24, 2.45) is 0 Å². The molecular formula is C25H25N2O6PS. The lowest BCUT2D eigenvalue weighted by Crippen LogP contribution is -2.43. The lowest BCUT2D eigenvalue weighted by molar-refractivity contribution is -0.119. The normalized spacial score (nSPS) is 15.3. The fraction of sp³-hybridized carbons (Fsp3) is 0.240. The second kappa shape index (κ2) is 11.1. The first kappa shape index (κ1) is 25.0. The van der Waals surface area contributed by atoms with Gasteiger partial charge in [-0.1, -0.05) is 36.4 Å². The van der Waals surface area contributed by atoms with Gasteiger partial charge < -0.3 is 24.7 Å². The zero-order valence-corrected chi connectivity index (χ0v) is 20.7. The molecule has 1 aliphatic heterocycles. The smallest absolute Gasteiger partial charge is 0.341 e. The van der Waals surface area contributed by atoms with E-state index < -0.39 is 20.4 Å². The molecule has 0 aliphatic carbocycles. The van der Waals surface area contributed by atoms with Crippen molar-refractivity contribution < 1.29 is 28.9 Å². The molecule has 2 amide bonds. The molecule has 8 nitrogen and oxygen atoms in total. The average molecular weight is 513 g/mol. The molecule has 1 fully saturated rings. The Morgan fingerprint density at radius 3 is 2.60 bits per heavy atom. The van der Waals surface area contributed by atoms with Crippen molar-refractivity contribution in [1.82, 2.24) is 4.90 Å². The van der Waals surface area contributed by atoms with Gasteiger partial charge in [-0.3, -0.25) is 9.59 Å². The maximum atomic E-state index is 13.3. The summed E-state index contributed by atoms with van der Waals surface area (Å²) in [6.45, 7) is 2.32. The Hall–Kier alpha value is -3.10. The van der Waals surface area contributed by atoms with Crippen molar-refractivity contribution >= 4 is 47.8 Å². The summed E-state index contributed by atoms with van der Waals surface area (Å²) in [6, 6.07) is 16.7. The summed E-state index contributed by atoms with van der Waals surface area (Å²) in [6.07, 6.45) is 1.14. The lowest BCUT2D eigenvalue weighted by Gasteiger charge is -2.24. The second-order valence-corrected chi connectivity index (χ2v) is 10.1. The summed E-state index contributed by atoms with van der Waals surface area (Å²) in [5.41, 5.74) is 1.47. The van der Waals surface area contributed by atoms with Crippen LogP contribution in [-0.4, -0.2) is 51.7 Å². The molecule has 4 rings (SSSR count). The zero-order chi connectivity index (χ0) is 24.9. The van der Waals surface area contributed by atoms with Crippen LogP contribution in [-0.2, 0) is 9.53 Å². The molecule has 1 saturated heterocycles. The zero-order valence-electron chi connectivity index (χ0n) is 19.0. The number of esters is 1. The van der Waals surface area contributed by atoms with Crippen LogP contribution in [0.3, 0.4) is 0 Å². The highest BCUT2D eigenvalue weighted by atomic mass is 32.1. The maximum Gasteiger partial charge on any atom is 0.341 e. The van der Waals surface area contributed by atoms with E-state index in [0.29, 0.717) is 24.4 Å². The van der Waals surface area contributed by atoms with Gasteiger partial charge in [0.2, 0.25) is 5.91 Å². The molecule has 182 valence electrons. The number of nitrogens with one attached hydrogen (secondary N) is 1. The number of ether oxygens (including phenoxy) is 1. The molecule has 1 unspecified atom stereocenters. The van der Waals surface area contributed by atoms with Crippen LogP contribution in [0.25, 0.3) is 10.4 Å². The molecule has 35 heavy (non-hydrogen) atoms. The number of rotatable bonds is 7. The largest absolute Gasteiger partial charge is 0.462 e. The van der Waals surface area contributed by atoms with E-state index in [0.717, 1.165) is 10.4 Å². The highest BCUT2D eigenvalue weighted by Gasteiger charge is 2.35. The van der Waals surface area contributed by atoms with E-state index in [9.17, 15) is 24.2 Å². The first-order valence-electron chi connectivity index (χ1n) is 11.1. The molecule has 0 saturated carbocycles. The Morgan fingerprint density at radius 2 is 1.89 bits per heavy atom. The summed E-state index contributed by atoms with van der Waals surface area (Å²) in [5.74, 6) is -1.27. The van der Waals surface area contributed by atoms with Gasteiger partial charge in [-0.25, -0.2) is 4.79 Å². The van der Waals surface area contributed by atoms with Gasteiger partial charge in [0.25, 0.3) is 5.91 Å². The Morgan fingerprint density at radius 1 is 1.11 bits per heavy atom. The monoisotopic (exact) mass is 512 g/mol. The van der Waals surface area contributed by atoms with Gasteiger partial charge in [0.1, 0.15) is 11.0 Å². The molecule has 0 bridgehead atoms. The van der Waals surface area contributed by atoms with Gasteiger partial charge in [0.05, 0.1) is 12.2 Å². The number of amides is 2. The molecule has 0 radical (unpaired) electrons. The first-order valence-corrected chi connectivity index (χ1v) is 13.2. The van der Waals surface area contributed by atoms with Crippen LogP contribution < -0.4 is 10.6 Å². The number of nitrogens with zero attached hydrogens (tertiary/aromatic N) is 1. The van der Waals surface area contributed by atoms with Crippen molar-refractivity contribution in [2.45, 2.75) is 25.8 Å². The summed E-state index contributed by atoms with van der Waals surface area (Å²) in [4.78, 5) is 60.3. The fourth-order valence-electron chi connectivity index (χ4n) is 4.00. The molecule has 3 N–H and O–H groups in total. The number of thiophene rings is 1. The van der Waals surface area contributed by atoms with E-state index in [-0.39, 0.29) is 34.9 Å². The molecule has 1 aromatic heterocycles. The molecule has 10 heteroatoms. The van der Waals surface area contributed by atoms with Crippen LogP contribution in [0.1, 0.15) is 40.5 Å². The Labute approximate surface area is 208 Å². The van der Waals surface area contributed by atoms with Crippen LogP contribution in [0.2, 0.25) is 0 Å². The average Bonchev–Trinajstić information content (AvgIpc) is 3.52. The van der Waals surface area contributed by atoms with Gasteiger partial charge in [0, 0.05) is 22.3 Å². The van der Waals surface area contributed by atoms with E-state index in [4.69, 9.17) is 4.74 Å².